The van der Waals surface area contributed by atoms with E-state index in [2.05, 4.69) is 23.7 Å². The summed E-state index contributed by atoms with van der Waals surface area (Å²) in [5, 5.41) is 14.3. The van der Waals surface area contributed by atoms with Crippen molar-refractivity contribution in [1.29, 1.82) is 0 Å². The summed E-state index contributed by atoms with van der Waals surface area (Å²) in [6.45, 7) is 2.81. The Hall–Kier alpha value is -1.17. The van der Waals surface area contributed by atoms with Crippen molar-refractivity contribution in [2.45, 2.75) is 19.5 Å². The Morgan fingerprint density at radius 1 is 1.47 bits per heavy atom. The molecule has 0 spiro atoms. The van der Waals surface area contributed by atoms with E-state index in [0.717, 1.165) is 4.88 Å². The third-order valence-corrected chi connectivity index (χ3v) is 4.55. The molecule has 17 heavy (non-hydrogen) atoms. The normalized spacial score (nSPS) is 12.5. The van der Waals surface area contributed by atoms with Crippen LogP contribution in [0.15, 0.2) is 29.6 Å². The highest BCUT2D eigenvalue weighted by Gasteiger charge is 2.09. The third kappa shape index (κ3) is 3.15. The zero-order chi connectivity index (χ0) is 12.3. The Bertz CT molecular complexity index is 490. The highest BCUT2D eigenvalue weighted by molar-refractivity contribution is 7.13. The second kappa shape index (κ2) is 5.44. The maximum atomic E-state index is 10.7. The zero-order valence-corrected chi connectivity index (χ0v) is 11.0. The molecule has 2 aromatic rings. The van der Waals surface area contributed by atoms with Crippen LogP contribution in [0.4, 0.5) is 0 Å². The van der Waals surface area contributed by atoms with E-state index < -0.39 is 5.97 Å². The zero-order valence-electron chi connectivity index (χ0n) is 9.34. The van der Waals surface area contributed by atoms with Crippen molar-refractivity contribution < 1.29 is 9.90 Å². The number of hydrogen-bond acceptors (Lipinski definition) is 4. The SMILES string of the molecule is C[C@H](NCc1ccc(C(=O)O)s1)c1cccs1. The van der Waals surface area contributed by atoms with Crippen LogP contribution < -0.4 is 5.32 Å². The molecule has 0 aliphatic heterocycles. The van der Waals surface area contributed by atoms with Gasteiger partial charge < -0.3 is 10.4 Å². The fourth-order valence-corrected chi connectivity index (χ4v) is 3.04. The van der Waals surface area contributed by atoms with Crippen molar-refractivity contribution in [3.8, 4) is 0 Å². The van der Waals surface area contributed by atoms with Gasteiger partial charge in [-0.2, -0.15) is 0 Å². The predicted molar refractivity (Wildman–Crippen MR) is 70.9 cm³/mol. The topological polar surface area (TPSA) is 49.3 Å². The van der Waals surface area contributed by atoms with Gasteiger partial charge in [-0.3, -0.25) is 0 Å². The Balaban J connectivity index is 1.91. The van der Waals surface area contributed by atoms with Gasteiger partial charge in [-0.05, 0) is 30.5 Å². The smallest absolute Gasteiger partial charge is 0.345 e. The van der Waals surface area contributed by atoms with Gasteiger partial charge in [0.05, 0.1) is 0 Å². The van der Waals surface area contributed by atoms with E-state index in [0.29, 0.717) is 17.5 Å². The molecule has 2 rings (SSSR count). The Kier molecular flexibility index (Phi) is 3.93. The molecule has 90 valence electrons. The lowest BCUT2D eigenvalue weighted by atomic mass is 10.3. The van der Waals surface area contributed by atoms with Gasteiger partial charge >= 0.3 is 5.97 Å². The van der Waals surface area contributed by atoms with Gasteiger partial charge in [0.1, 0.15) is 4.88 Å². The van der Waals surface area contributed by atoms with Crippen LogP contribution in [0, 0.1) is 0 Å². The van der Waals surface area contributed by atoms with E-state index in [4.69, 9.17) is 5.11 Å². The number of aromatic carboxylic acids is 1. The van der Waals surface area contributed by atoms with Crippen LogP contribution in [0.5, 0.6) is 0 Å². The van der Waals surface area contributed by atoms with E-state index in [-0.39, 0.29) is 0 Å². The lowest BCUT2D eigenvalue weighted by Gasteiger charge is -2.10. The second-order valence-electron chi connectivity index (χ2n) is 3.69. The molecule has 0 amide bonds. The average Bonchev–Trinajstić information content (AvgIpc) is 2.97. The summed E-state index contributed by atoms with van der Waals surface area (Å²) in [5.74, 6) is -0.854. The van der Waals surface area contributed by atoms with Gasteiger partial charge in [0, 0.05) is 22.3 Å². The lowest BCUT2D eigenvalue weighted by Crippen LogP contribution is -2.16. The van der Waals surface area contributed by atoms with E-state index in [1.54, 1.807) is 17.4 Å². The van der Waals surface area contributed by atoms with Crippen LogP contribution >= 0.6 is 22.7 Å². The first-order valence-electron chi connectivity index (χ1n) is 5.25. The van der Waals surface area contributed by atoms with Crippen molar-refractivity contribution in [2.24, 2.45) is 0 Å². The number of thiophene rings is 2. The molecular formula is C12H13NO2S2. The summed E-state index contributed by atoms with van der Waals surface area (Å²) in [4.78, 5) is 13.5. The fraction of sp³-hybridized carbons (Fsp3) is 0.250. The van der Waals surface area contributed by atoms with Crippen LogP contribution in [0.25, 0.3) is 0 Å². The quantitative estimate of drug-likeness (QED) is 0.873. The molecule has 0 radical (unpaired) electrons. The number of rotatable bonds is 5. The molecule has 1 atom stereocenters. The predicted octanol–water partition coefficient (Wildman–Crippen LogP) is 3.36. The molecule has 0 aromatic carbocycles. The maximum absolute atomic E-state index is 10.7. The minimum Gasteiger partial charge on any atom is -0.477 e. The molecule has 0 aliphatic carbocycles. The van der Waals surface area contributed by atoms with Crippen molar-refractivity contribution in [1.82, 2.24) is 5.32 Å². The van der Waals surface area contributed by atoms with E-state index in [1.165, 1.54) is 16.2 Å². The molecule has 2 aromatic heterocycles. The number of carboxylic acid groups (broad SMARTS) is 1. The summed E-state index contributed by atoms with van der Waals surface area (Å²) in [6.07, 6.45) is 0. The molecule has 0 saturated carbocycles. The molecular weight excluding hydrogens is 254 g/mol. The van der Waals surface area contributed by atoms with E-state index in [9.17, 15) is 4.79 Å². The van der Waals surface area contributed by atoms with Gasteiger partial charge in [0.25, 0.3) is 0 Å². The van der Waals surface area contributed by atoms with Crippen LogP contribution in [-0.4, -0.2) is 11.1 Å². The van der Waals surface area contributed by atoms with Gasteiger partial charge in [-0.15, -0.1) is 22.7 Å². The minimum atomic E-state index is -0.854. The first-order valence-corrected chi connectivity index (χ1v) is 6.95. The van der Waals surface area contributed by atoms with Crippen LogP contribution in [0.2, 0.25) is 0 Å². The van der Waals surface area contributed by atoms with Gasteiger partial charge in [0.15, 0.2) is 0 Å². The molecule has 0 aliphatic rings. The highest BCUT2D eigenvalue weighted by Crippen LogP contribution is 2.20. The van der Waals surface area contributed by atoms with Crippen molar-refractivity contribution in [3.05, 3.63) is 44.3 Å². The van der Waals surface area contributed by atoms with Crippen LogP contribution in [0.1, 0.15) is 32.4 Å². The van der Waals surface area contributed by atoms with Crippen LogP contribution in [-0.2, 0) is 6.54 Å². The fourth-order valence-electron chi connectivity index (χ4n) is 1.48. The standard InChI is InChI=1S/C12H13NO2S2/c1-8(10-3-2-6-16-10)13-7-9-4-5-11(17-9)12(14)15/h2-6,8,13H,7H2,1H3,(H,14,15)/t8-/m0/s1. The van der Waals surface area contributed by atoms with Crippen molar-refractivity contribution in [2.75, 3.05) is 0 Å². The molecule has 0 saturated heterocycles. The molecule has 0 unspecified atom stereocenters. The number of carboxylic acids is 1. The Morgan fingerprint density at radius 2 is 2.29 bits per heavy atom. The summed E-state index contributed by atoms with van der Waals surface area (Å²) in [6, 6.07) is 7.94. The summed E-state index contributed by atoms with van der Waals surface area (Å²) >= 11 is 3.04. The van der Waals surface area contributed by atoms with Gasteiger partial charge in [0.2, 0.25) is 0 Å². The third-order valence-electron chi connectivity index (χ3n) is 2.42. The highest BCUT2D eigenvalue weighted by atomic mass is 32.1. The molecule has 0 bridgehead atoms. The molecule has 2 N–H and O–H groups in total. The molecule has 5 heteroatoms. The lowest BCUT2D eigenvalue weighted by molar-refractivity contribution is 0.0702. The summed E-state index contributed by atoms with van der Waals surface area (Å²) in [7, 11) is 0. The molecule has 2 heterocycles. The number of hydrogen-bond donors (Lipinski definition) is 2. The van der Waals surface area contributed by atoms with Crippen molar-refractivity contribution in [3.63, 3.8) is 0 Å². The minimum absolute atomic E-state index is 0.297. The van der Waals surface area contributed by atoms with Gasteiger partial charge in [-0.1, -0.05) is 6.07 Å². The van der Waals surface area contributed by atoms with E-state index in [1.807, 2.05) is 12.1 Å². The Labute approximate surface area is 108 Å². The largest absolute Gasteiger partial charge is 0.477 e. The number of carbonyl (C=O) groups is 1. The van der Waals surface area contributed by atoms with Crippen molar-refractivity contribution >= 4 is 28.6 Å². The first kappa shape index (κ1) is 12.3. The van der Waals surface area contributed by atoms with E-state index >= 15 is 0 Å². The first-order chi connectivity index (χ1) is 8.16. The molecule has 3 nitrogen and oxygen atoms in total. The monoisotopic (exact) mass is 267 g/mol. The average molecular weight is 267 g/mol. The maximum Gasteiger partial charge on any atom is 0.345 e. The Morgan fingerprint density at radius 3 is 2.88 bits per heavy atom. The summed E-state index contributed by atoms with van der Waals surface area (Å²) in [5.41, 5.74) is 0. The second-order valence-corrected chi connectivity index (χ2v) is 5.84. The summed E-state index contributed by atoms with van der Waals surface area (Å²) < 4.78 is 0. The van der Waals surface area contributed by atoms with Gasteiger partial charge in [-0.25, -0.2) is 4.79 Å². The molecule has 0 fully saturated rings. The number of nitrogens with one attached hydrogen (secondary N) is 1. The van der Waals surface area contributed by atoms with Crippen LogP contribution in [0.3, 0.4) is 0 Å².